The van der Waals surface area contributed by atoms with Crippen LogP contribution in [0.1, 0.15) is 40.5 Å². The third kappa shape index (κ3) is 6.04. The van der Waals surface area contributed by atoms with Crippen LogP contribution in [0.3, 0.4) is 0 Å². The van der Waals surface area contributed by atoms with Gasteiger partial charge in [-0.15, -0.1) is 0 Å². The fourth-order valence-corrected chi connectivity index (χ4v) is 2.58. The van der Waals surface area contributed by atoms with Gasteiger partial charge in [0.2, 0.25) is 11.8 Å². The Morgan fingerprint density at radius 2 is 1.71 bits per heavy atom. The summed E-state index contributed by atoms with van der Waals surface area (Å²) >= 11 is 0. The number of likely N-dealkylation sites (N-methyl/N-ethyl adjacent to an activating group) is 1. The molecule has 0 aromatic carbocycles. The van der Waals surface area contributed by atoms with E-state index in [9.17, 15) is 9.59 Å². The zero-order chi connectivity index (χ0) is 16.0. The Labute approximate surface area is 129 Å². The second-order valence-electron chi connectivity index (χ2n) is 6.87. The Morgan fingerprint density at radius 1 is 1.05 bits per heavy atom. The SMILES string of the molecule is CC(C)CC(=O)NC(C(=O)N1CCCN(C)CC1)C(C)C. The van der Waals surface area contributed by atoms with Gasteiger partial charge in [0.25, 0.3) is 0 Å². The maximum Gasteiger partial charge on any atom is 0.245 e. The lowest BCUT2D eigenvalue weighted by molar-refractivity contribution is -0.137. The minimum Gasteiger partial charge on any atom is -0.344 e. The Hall–Kier alpha value is -1.10. The molecule has 5 heteroatoms. The molecule has 5 nitrogen and oxygen atoms in total. The lowest BCUT2D eigenvalue weighted by Gasteiger charge is -2.29. The normalized spacial score (nSPS) is 18.7. The second kappa shape index (κ2) is 8.37. The fraction of sp³-hybridized carbons (Fsp3) is 0.875. The first-order valence-corrected chi connectivity index (χ1v) is 8.08. The highest BCUT2D eigenvalue weighted by Gasteiger charge is 2.29. The molecule has 1 atom stereocenters. The number of nitrogens with zero attached hydrogens (tertiary/aromatic N) is 2. The first-order chi connectivity index (χ1) is 9.81. The van der Waals surface area contributed by atoms with Gasteiger partial charge in [0.05, 0.1) is 0 Å². The van der Waals surface area contributed by atoms with Crippen LogP contribution in [0.5, 0.6) is 0 Å². The number of carbonyl (C=O) groups excluding carboxylic acids is 2. The summed E-state index contributed by atoms with van der Waals surface area (Å²) in [5, 5.41) is 2.93. The Morgan fingerprint density at radius 3 is 2.29 bits per heavy atom. The molecule has 0 saturated carbocycles. The van der Waals surface area contributed by atoms with Crippen molar-refractivity contribution < 1.29 is 9.59 Å². The van der Waals surface area contributed by atoms with Crippen LogP contribution in [0.25, 0.3) is 0 Å². The second-order valence-corrected chi connectivity index (χ2v) is 6.87. The molecule has 1 aliphatic rings. The topological polar surface area (TPSA) is 52.7 Å². The van der Waals surface area contributed by atoms with E-state index in [1.165, 1.54) is 0 Å². The monoisotopic (exact) mass is 297 g/mol. The molecule has 0 aliphatic carbocycles. The average Bonchev–Trinajstić information content (AvgIpc) is 2.59. The summed E-state index contributed by atoms with van der Waals surface area (Å²) in [7, 11) is 2.08. The molecule has 1 saturated heterocycles. The van der Waals surface area contributed by atoms with Gasteiger partial charge in [0.15, 0.2) is 0 Å². The maximum atomic E-state index is 12.7. The van der Waals surface area contributed by atoms with Crippen LogP contribution in [0.4, 0.5) is 0 Å². The summed E-state index contributed by atoms with van der Waals surface area (Å²) in [6.07, 6.45) is 1.46. The number of hydrogen-bond acceptors (Lipinski definition) is 3. The van der Waals surface area contributed by atoms with Crippen LogP contribution < -0.4 is 5.32 Å². The predicted octanol–water partition coefficient (Wildman–Crippen LogP) is 1.34. The highest BCUT2D eigenvalue weighted by atomic mass is 16.2. The van der Waals surface area contributed by atoms with E-state index in [-0.39, 0.29) is 17.7 Å². The molecule has 1 rings (SSSR count). The van der Waals surface area contributed by atoms with Gasteiger partial charge in [0.1, 0.15) is 6.04 Å². The molecule has 0 spiro atoms. The summed E-state index contributed by atoms with van der Waals surface area (Å²) < 4.78 is 0. The first-order valence-electron chi connectivity index (χ1n) is 8.08. The van der Waals surface area contributed by atoms with Gasteiger partial charge in [-0.25, -0.2) is 0 Å². The third-order valence-corrected chi connectivity index (χ3v) is 3.87. The zero-order valence-corrected chi connectivity index (χ0v) is 14.2. The quantitative estimate of drug-likeness (QED) is 0.833. The third-order valence-electron chi connectivity index (χ3n) is 3.87. The van der Waals surface area contributed by atoms with E-state index in [0.29, 0.717) is 12.3 Å². The first kappa shape index (κ1) is 18.0. The molecule has 0 aromatic rings. The number of amides is 2. The van der Waals surface area contributed by atoms with Crippen LogP contribution in [0.2, 0.25) is 0 Å². The predicted molar refractivity (Wildman–Crippen MR) is 84.9 cm³/mol. The molecule has 21 heavy (non-hydrogen) atoms. The van der Waals surface area contributed by atoms with Crippen LogP contribution in [0, 0.1) is 11.8 Å². The molecule has 1 heterocycles. The van der Waals surface area contributed by atoms with Crippen molar-refractivity contribution in [2.45, 2.75) is 46.6 Å². The molecule has 1 fully saturated rings. The van der Waals surface area contributed by atoms with Gasteiger partial charge in [-0.1, -0.05) is 27.7 Å². The van der Waals surface area contributed by atoms with E-state index in [0.717, 1.165) is 32.6 Å². The molecule has 1 unspecified atom stereocenters. The van der Waals surface area contributed by atoms with Crippen molar-refractivity contribution in [3.63, 3.8) is 0 Å². The van der Waals surface area contributed by atoms with Crippen LogP contribution in [-0.2, 0) is 9.59 Å². The number of nitrogens with one attached hydrogen (secondary N) is 1. The average molecular weight is 297 g/mol. The largest absolute Gasteiger partial charge is 0.344 e. The number of hydrogen-bond donors (Lipinski definition) is 1. The zero-order valence-electron chi connectivity index (χ0n) is 14.2. The smallest absolute Gasteiger partial charge is 0.245 e. The molecule has 0 aromatic heterocycles. The minimum atomic E-state index is -0.403. The standard InChI is InChI=1S/C16H31N3O2/c1-12(2)11-14(20)17-15(13(3)4)16(21)19-8-6-7-18(5)9-10-19/h12-13,15H,6-11H2,1-5H3,(H,17,20). The number of rotatable bonds is 5. The van der Waals surface area contributed by atoms with E-state index >= 15 is 0 Å². The molecule has 1 N–H and O–H groups in total. The summed E-state index contributed by atoms with van der Waals surface area (Å²) in [5.74, 6) is 0.454. The highest BCUT2D eigenvalue weighted by molar-refractivity contribution is 5.88. The van der Waals surface area contributed by atoms with Crippen molar-refractivity contribution in [1.29, 1.82) is 0 Å². The Balaban J connectivity index is 2.66. The van der Waals surface area contributed by atoms with Gasteiger partial charge < -0.3 is 15.1 Å². The van der Waals surface area contributed by atoms with Crippen molar-refractivity contribution in [3.8, 4) is 0 Å². The van der Waals surface area contributed by atoms with Gasteiger partial charge in [0, 0.05) is 26.1 Å². The van der Waals surface area contributed by atoms with E-state index in [1.54, 1.807) is 0 Å². The van der Waals surface area contributed by atoms with Crippen molar-refractivity contribution >= 4 is 11.8 Å². The minimum absolute atomic E-state index is 0.0241. The molecule has 1 aliphatic heterocycles. The summed E-state index contributed by atoms with van der Waals surface area (Å²) in [6, 6.07) is -0.403. The fourth-order valence-electron chi connectivity index (χ4n) is 2.58. The van der Waals surface area contributed by atoms with Crippen LogP contribution in [-0.4, -0.2) is 60.9 Å². The van der Waals surface area contributed by atoms with E-state index in [4.69, 9.17) is 0 Å². The summed E-state index contributed by atoms with van der Waals surface area (Å²) in [5.41, 5.74) is 0. The van der Waals surface area contributed by atoms with Crippen molar-refractivity contribution in [3.05, 3.63) is 0 Å². The van der Waals surface area contributed by atoms with Crippen LogP contribution >= 0.6 is 0 Å². The molecular weight excluding hydrogens is 266 g/mol. The van der Waals surface area contributed by atoms with E-state index in [2.05, 4.69) is 17.3 Å². The lowest BCUT2D eigenvalue weighted by atomic mass is 10.0. The summed E-state index contributed by atoms with van der Waals surface area (Å²) in [6.45, 7) is 11.5. The van der Waals surface area contributed by atoms with Gasteiger partial charge in [-0.2, -0.15) is 0 Å². The van der Waals surface area contributed by atoms with Gasteiger partial charge in [-0.3, -0.25) is 9.59 Å². The molecule has 0 bridgehead atoms. The van der Waals surface area contributed by atoms with E-state index < -0.39 is 6.04 Å². The summed E-state index contributed by atoms with van der Waals surface area (Å²) in [4.78, 5) is 28.9. The Bertz CT molecular complexity index is 355. The number of carbonyl (C=O) groups is 2. The lowest BCUT2D eigenvalue weighted by Crippen LogP contribution is -2.52. The van der Waals surface area contributed by atoms with Crippen LogP contribution in [0.15, 0.2) is 0 Å². The van der Waals surface area contributed by atoms with E-state index in [1.807, 2.05) is 32.6 Å². The Kier molecular flexibility index (Phi) is 7.15. The van der Waals surface area contributed by atoms with Gasteiger partial charge in [-0.05, 0) is 31.8 Å². The molecule has 0 radical (unpaired) electrons. The molecule has 2 amide bonds. The van der Waals surface area contributed by atoms with Crippen molar-refractivity contribution in [1.82, 2.24) is 15.1 Å². The van der Waals surface area contributed by atoms with Crippen molar-refractivity contribution in [2.75, 3.05) is 33.2 Å². The van der Waals surface area contributed by atoms with Gasteiger partial charge >= 0.3 is 0 Å². The molecular formula is C16H31N3O2. The highest BCUT2D eigenvalue weighted by Crippen LogP contribution is 2.10. The van der Waals surface area contributed by atoms with Crippen molar-refractivity contribution in [2.24, 2.45) is 11.8 Å². The molecule has 122 valence electrons. The maximum absolute atomic E-state index is 12.7.